The molecule has 0 radical (unpaired) electrons. The van der Waals surface area contributed by atoms with Crippen LogP contribution in [0, 0.1) is 5.82 Å². The van der Waals surface area contributed by atoms with Crippen molar-refractivity contribution in [3.05, 3.63) is 47.1 Å². The molecule has 0 aliphatic carbocycles. The third kappa shape index (κ3) is 3.48. The van der Waals surface area contributed by atoms with Crippen LogP contribution in [0.3, 0.4) is 0 Å². The molecule has 3 rings (SSSR count). The van der Waals surface area contributed by atoms with Gasteiger partial charge in [-0.05, 0) is 36.8 Å². The smallest absolute Gasteiger partial charge is 0.264 e. The summed E-state index contributed by atoms with van der Waals surface area (Å²) >= 11 is 1.46. The lowest BCUT2D eigenvalue weighted by molar-refractivity contribution is 0.0661. The summed E-state index contributed by atoms with van der Waals surface area (Å²) in [6.07, 6.45) is 0. The van der Waals surface area contributed by atoms with Crippen LogP contribution in [0.2, 0.25) is 0 Å². The van der Waals surface area contributed by atoms with Crippen molar-refractivity contribution in [2.45, 2.75) is 13.0 Å². The van der Waals surface area contributed by atoms with E-state index in [4.69, 9.17) is 0 Å². The molecule has 1 aliphatic rings. The number of carbonyl (C=O) groups excluding carboxylic acids is 1. The minimum absolute atomic E-state index is 0. The molecule has 1 aliphatic heterocycles. The normalized spacial score (nSPS) is 17.9. The Bertz CT molecular complexity index is 644. The van der Waals surface area contributed by atoms with Crippen LogP contribution in [0.1, 0.15) is 16.6 Å². The first-order chi connectivity index (χ1) is 10.1. The SMILES string of the molecule is CC1CNCCN1C(=O)c1ccc(-c2ccc(F)cc2)s1.Cl. The molecule has 1 atom stereocenters. The van der Waals surface area contributed by atoms with Gasteiger partial charge in [-0.1, -0.05) is 12.1 Å². The van der Waals surface area contributed by atoms with Crippen LogP contribution in [0.25, 0.3) is 10.4 Å². The van der Waals surface area contributed by atoms with Crippen LogP contribution in [0.5, 0.6) is 0 Å². The van der Waals surface area contributed by atoms with Crippen LogP contribution < -0.4 is 5.32 Å². The average Bonchev–Trinajstić information content (AvgIpc) is 2.98. The van der Waals surface area contributed by atoms with E-state index in [1.165, 1.54) is 23.5 Å². The van der Waals surface area contributed by atoms with Gasteiger partial charge >= 0.3 is 0 Å². The molecule has 6 heteroatoms. The topological polar surface area (TPSA) is 32.3 Å². The Morgan fingerprint density at radius 3 is 2.68 bits per heavy atom. The number of amides is 1. The standard InChI is InChI=1S/C16H17FN2OS.ClH/c1-11-10-18-8-9-19(11)16(20)15-7-6-14(21-15)12-2-4-13(17)5-3-12;/h2-7,11,18H,8-10H2,1H3;1H. The maximum absolute atomic E-state index is 13.0. The number of carbonyl (C=O) groups is 1. The second kappa shape index (κ2) is 7.22. The van der Waals surface area contributed by atoms with Crippen molar-refractivity contribution in [3.63, 3.8) is 0 Å². The molecule has 2 heterocycles. The quantitative estimate of drug-likeness (QED) is 0.908. The molecule has 1 amide bonds. The fourth-order valence-corrected chi connectivity index (χ4v) is 3.47. The molecule has 118 valence electrons. The van der Waals surface area contributed by atoms with Crippen LogP contribution in [-0.4, -0.2) is 36.5 Å². The molecule has 22 heavy (non-hydrogen) atoms. The summed E-state index contributed by atoms with van der Waals surface area (Å²) < 4.78 is 13.0. The summed E-state index contributed by atoms with van der Waals surface area (Å²) in [6, 6.07) is 10.4. The van der Waals surface area contributed by atoms with E-state index in [0.29, 0.717) is 0 Å². The molecule has 2 aromatic rings. The van der Waals surface area contributed by atoms with E-state index in [1.54, 1.807) is 12.1 Å². The highest BCUT2D eigenvalue weighted by Crippen LogP contribution is 2.29. The summed E-state index contributed by atoms with van der Waals surface area (Å²) in [5.74, 6) is -0.163. The van der Waals surface area contributed by atoms with E-state index < -0.39 is 0 Å². The van der Waals surface area contributed by atoms with Gasteiger partial charge in [0.2, 0.25) is 0 Å². The number of halogens is 2. The minimum atomic E-state index is -0.249. The highest BCUT2D eigenvalue weighted by Gasteiger charge is 2.25. The number of nitrogens with zero attached hydrogens (tertiary/aromatic N) is 1. The Kier molecular flexibility index (Phi) is 5.56. The van der Waals surface area contributed by atoms with Gasteiger partial charge in [-0.2, -0.15) is 0 Å². The number of thiophene rings is 1. The average molecular weight is 341 g/mol. The van der Waals surface area contributed by atoms with E-state index in [9.17, 15) is 9.18 Å². The maximum atomic E-state index is 13.0. The molecule has 0 spiro atoms. The van der Waals surface area contributed by atoms with Gasteiger partial charge in [-0.15, -0.1) is 23.7 Å². The van der Waals surface area contributed by atoms with E-state index in [2.05, 4.69) is 12.2 Å². The molecule has 1 saturated heterocycles. The summed E-state index contributed by atoms with van der Waals surface area (Å²) in [5.41, 5.74) is 0.939. The van der Waals surface area contributed by atoms with Crippen molar-refractivity contribution in [1.82, 2.24) is 10.2 Å². The zero-order chi connectivity index (χ0) is 14.8. The highest BCUT2D eigenvalue weighted by molar-refractivity contribution is 7.17. The molecular weight excluding hydrogens is 323 g/mol. The van der Waals surface area contributed by atoms with E-state index in [-0.39, 0.29) is 30.2 Å². The monoisotopic (exact) mass is 340 g/mol. The summed E-state index contributed by atoms with van der Waals surface area (Å²) in [5, 5.41) is 3.28. The first kappa shape index (κ1) is 16.9. The van der Waals surface area contributed by atoms with Gasteiger partial charge in [0.1, 0.15) is 5.82 Å². The van der Waals surface area contributed by atoms with Crippen molar-refractivity contribution < 1.29 is 9.18 Å². The van der Waals surface area contributed by atoms with E-state index >= 15 is 0 Å². The predicted molar refractivity (Wildman–Crippen MR) is 90.3 cm³/mol. The van der Waals surface area contributed by atoms with Crippen LogP contribution in [-0.2, 0) is 0 Å². The molecule has 1 aromatic carbocycles. The maximum Gasteiger partial charge on any atom is 0.264 e. The van der Waals surface area contributed by atoms with Gasteiger partial charge < -0.3 is 10.2 Å². The van der Waals surface area contributed by atoms with Crippen LogP contribution in [0.4, 0.5) is 4.39 Å². The van der Waals surface area contributed by atoms with Crippen molar-refractivity contribution in [3.8, 4) is 10.4 Å². The van der Waals surface area contributed by atoms with Crippen molar-refractivity contribution >= 4 is 29.7 Å². The van der Waals surface area contributed by atoms with Gasteiger partial charge in [-0.25, -0.2) is 4.39 Å². The van der Waals surface area contributed by atoms with Crippen LogP contribution in [0.15, 0.2) is 36.4 Å². The van der Waals surface area contributed by atoms with Gasteiger partial charge in [0.05, 0.1) is 4.88 Å². The van der Waals surface area contributed by atoms with Gasteiger partial charge in [-0.3, -0.25) is 4.79 Å². The second-order valence-electron chi connectivity index (χ2n) is 5.22. The predicted octanol–water partition coefficient (Wildman–Crippen LogP) is 3.41. The first-order valence-electron chi connectivity index (χ1n) is 7.02. The van der Waals surface area contributed by atoms with Crippen molar-refractivity contribution in [2.24, 2.45) is 0 Å². The third-order valence-electron chi connectivity index (χ3n) is 3.71. The second-order valence-corrected chi connectivity index (χ2v) is 6.31. The number of nitrogens with one attached hydrogen (secondary N) is 1. The molecule has 1 fully saturated rings. The molecule has 1 unspecified atom stereocenters. The van der Waals surface area contributed by atoms with Crippen molar-refractivity contribution in [1.29, 1.82) is 0 Å². The lowest BCUT2D eigenvalue weighted by Gasteiger charge is -2.33. The third-order valence-corrected chi connectivity index (χ3v) is 4.83. The Morgan fingerprint density at radius 1 is 1.27 bits per heavy atom. The fourth-order valence-electron chi connectivity index (χ4n) is 2.51. The molecule has 1 aromatic heterocycles. The number of benzene rings is 1. The minimum Gasteiger partial charge on any atom is -0.333 e. The number of rotatable bonds is 2. The van der Waals surface area contributed by atoms with Crippen molar-refractivity contribution in [2.75, 3.05) is 19.6 Å². The summed E-state index contributed by atoms with van der Waals surface area (Å²) in [4.78, 5) is 16.2. The zero-order valence-electron chi connectivity index (χ0n) is 12.2. The van der Waals surface area contributed by atoms with Crippen LogP contribution >= 0.6 is 23.7 Å². The number of hydrogen-bond donors (Lipinski definition) is 1. The molecule has 0 saturated carbocycles. The Labute approximate surface area is 139 Å². The first-order valence-corrected chi connectivity index (χ1v) is 7.84. The zero-order valence-corrected chi connectivity index (χ0v) is 13.8. The summed E-state index contributed by atoms with van der Waals surface area (Å²) in [7, 11) is 0. The lowest BCUT2D eigenvalue weighted by Crippen LogP contribution is -2.52. The largest absolute Gasteiger partial charge is 0.333 e. The Hall–Kier alpha value is -1.43. The molecular formula is C16H18ClFN2OS. The number of piperazine rings is 1. The van der Waals surface area contributed by atoms with E-state index in [1.807, 2.05) is 17.0 Å². The van der Waals surface area contributed by atoms with Gasteiger partial charge in [0.25, 0.3) is 5.91 Å². The Morgan fingerprint density at radius 2 is 2.00 bits per heavy atom. The lowest BCUT2D eigenvalue weighted by atomic mass is 10.2. The Balaban J connectivity index is 0.00000176. The van der Waals surface area contributed by atoms with Gasteiger partial charge in [0.15, 0.2) is 0 Å². The molecule has 0 bridgehead atoms. The molecule has 3 nitrogen and oxygen atoms in total. The number of hydrogen-bond acceptors (Lipinski definition) is 3. The van der Waals surface area contributed by atoms with Gasteiger partial charge in [0, 0.05) is 30.6 Å². The van der Waals surface area contributed by atoms with E-state index in [0.717, 1.165) is 35.0 Å². The molecule has 1 N–H and O–H groups in total. The highest BCUT2D eigenvalue weighted by atomic mass is 35.5. The fraction of sp³-hybridized carbons (Fsp3) is 0.312. The summed E-state index contributed by atoms with van der Waals surface area (Å²) in [6.45, 7) is 4.47.